The maximum absolute atomic E-state index is 13.0. The molecule has 0 aliphatic rings. The van der Waals surface area contributed by atoms with Crippen molar-refractivity contribution in [3.63, 3.8) is 0 Å². The molecule has 0 spiro atoms. The van der Waals surface area contributed by atoms with Crippen molar-refractivity contribution < 1.29 is 18.3 Å². The number of carboxylic acid groups (broad SMARTS) is 1. The smallest absolute Gasteiger partial charge is 0.264 e. The molecular formula is C18H15N2O5S-. The van der Waals surface area contributed by atoms with E-state index in [1.54, 1.807) is 37.3 Å². The van der Waals surface area contributed by atoms with Gasteiger partial charge in [-0.25, -0.2) is 8.42 Å². The van der Waals surface area contributed by atoms with Crippen molar-refractivity contribution in [3.8, 4) is 0 Å². The van der Waals surface area contributed by atoms with E-state index in [1.807, 2.05) is 0 Å². The van der Waals surface area contributed by atoms with Crippen LogP contribution in [0.25, 0.3) is 10.9 Å². The molecule has 3 aromatic rings. The van der Waals surface area contributed by atoms with Crippen molar-refractivity contribution in [1.82, 2.24) is 4.98 Å². The summed E-state index contributed by atoms with van der Waals surface area (Å²) in [5, 5.41) is 11.0. The summed E-state index contributed by atoms with van der Waals surface area (Å²) in [6, 6.07) is 12.6. The molecule has 1 aromatic heterocycles. The predicted octanol–water partition coefficient (Wildman–Crippen LogP) is 1.11. The normalized spacial score (nSPS) is 11.4. The van der Waals surface area contributed by atoms with Crippen LogP contribution in [-0.2, 0) is 10.0 Å². The maximum atomic E-state index is 13.0. The van der Waals surface area contributed by atoms with Crippen LogP contribution in [0.5, 0.6) is 0 Å². The lowest BCUT2D eigenvalue weighted by Gasteiger charge is -2.23. The Kier molecular flexibility index (Phi) is 4.52. The molecule has 0 saturated heterocycles. The summed E-state index contributed by atoms with van der Waals surface area (Å²) in [6.45, 7) is 1.90. The number of carbonyl (C=O) groups excluding carboxylic acids is 1. The number of carbonyl (C=O) groups is 1. The Morgan fingerprint density at radius 1 is 1.15 bits per heavy atom. The number of fused-ring (bicyclic) bond motifs is 1. The molecule has 0 bridgehead atoms. The minimum absolute atomic E-state index is 0.0307. The van der Waals surface area contributed by atoms with Crippen molar-refractivity contribution in [3.05, 3.63) is 70.5 Å². The fraction of sp³-hybridized carbons (Fsp3) is 0.111. The molecule has 0 aliphatic heterocycles. The zero-order valence-electron chi connectivity index (χ0n) is 13.8. The summed E-state index contributed by atoms with van der Waals surface area (Å²) in [6.07, 6.45) is 1.04. The van der Waals surface area contributed by atoms with Crippen molar-refractivity contribution in [1.29, 1.82) is 0 Å². The summed E-state index contributed by atoms with van der Waals surface area (Å²) in [5.74, 6) is -1.62. The van der Waals surface area contributed by atoms with Crippen LogP contribution >= 0.6 is 0 Å². The summed E-state index contributed by atoms with van der Waals surface area (Å²) in [5.41, 5.74) is -0.518. The lowest BCUT2D eigenvalue weighted by molar-refractivity contribution is -0.255. The summed E-state index contributed by atoms with van der Waals surface area (Å²) in [7, 11) is -3.93. The molecule has 26 heavy (non-hydrogen) atoms. The predicted molar refractivity (Wildman–Crippen MR) is 95.5 cm³/mol. The molecule has 1 N–H and O–H groups in total. The SMILES string of the molecule is CCN(c1ccccc1)S(=O)(=O)c1ccc2[nH]cc(C(=O)[O-])c(=O)c2c1. The van der Waals surface area contributed by atoms with Gasteiger partial charge in [-0.2, -0.15) is 0 Å². The average molecular weight is 371 g/mol. The molecule has 0 atom stereocenters. The average Bonchev–Trinajstić information content (AvgIpc) is 2.63. The number of rotatable bonds is 5. The number of sulfonamides is 1. The molecule has 2 aromatic carbocycles. The standard InChI is InChI=1S/C18H16N2O5S/c1-2-20(12-6-4-3-5-7-12)26(24,25)13-8-9-16-14(10-13)17(21)15(11-19-16)18(22)23/h3-11H,2H2,1H3,(H,19,21)(H,22,23)/p-1. The van der Waals surface area contributed by atoms with Crippen molar-refractivity contribution in [2.24, 2.45) is 0 Å². The molecule has 0 fully saturated rings. The van der Waals surface area contributed by atoms with E-state index >= 15 is 0 Å². The lowest BCUT2D eigenvalue weighted by atomic mass is 10.1. The van der Waals surface area contributed by atoms with E-state index in [0.29, 0.717) is 11.2 Å². The number of nitrogens with one attached hydrogen (secondary N) is 1. The van der Waals surface area contributed by atoms with E-state index in [1.165, 1.54) is 22.5 Å². The van der Waals surface area contributed by atoms with E-state index < -0.39 is 27.0 Å². The van der Waals surface area contributed by atoms with Gasteiger partial charge >= 0.3 is 0 Å². The first-order valence-corrected chi connectivity index (χ1v) is 9.25. The molecule has 1 heterocycles. The third-order valence-electron chi connectivity index (χ3n) is 3.99. The van der Waals surface area contributed by atoms with Gasteiger partial charge in [-0.1, -0.05) is 18.2 Å². The molecule has 7 nitrogen and oxygen atoms in total. The zero-order valence-corrected chi connectivity index (χ0v) is 14.6. The van der Waals surface area contributed by atoms with Gasteiger partial charge < -0.3 is 14.9 Å². The van der Waals surface area contributed by atoms with E-state index in [4.69, 9.17) is 0 Å². The van der Waals surface area contributed by atoms with Gasteiger partial charge in [-0.05, 0) is 37.3 Å². The highest BCUT2D eigenvalue weighted by atomic mass is 32.2. The molecule has 8 heteroatoms. The molecule has 0 amide bonds. The Morgan fingerprint density at radius 2 is 1.85 bits per heavy atom. The van der Waals surface area contributed by atoms with Gasteiger partial charge in [-0.3, -0.25) is 9.10 Å². The third kappa shape index (κ3) is 2.95. The number of benzene rings is 2. The number of anilines is 1. The second-order valence-electron chi connectivity index (χ2n) is 5.53. The first-order valence-electron chi connectivity index (χ1n) is 7.81. The second kappa shape index (κ2) is 6.64. The number of aromatic amines is 1. The van der Waals surface area contributed by atoms with E-state index in [-0.39, 0.29) is 16.8 Å². The van der Waals surface area contributed by atoms with E-state index in [9.17, 15) is 23.1 Å². The highest BCUT2D eigenvalue weighted by Gasteiger charge is 2.24. The number of H-pyrrole nitrogens is 1. The number of hydrogen-bond acceptors (Lipinski definition) is 5. The van der Waals surface area contributed by atoms with Crippen molar-refractivity contribution >= 4 is 32.6 Å². The number of aromatic nitrogens is 1. The number of hydrogen-bond donors (Lipinski definition) is 1. The Hall–Kier alpha value is -3.13. The van der Waals surface area contributed by atoms with Crippen molar-refractivity contribution in [2.45, 2.75) is 11.8 Å². The van der Waals surface area contributed by atoms with E-state index in [2.05, 4.69) is 4.98 Å². The Balaban J connectivity index is 2.19. The molecule has 0 aliphatic carbocycles. The van der Waals surface area contributed by atoms with Gasteiger partial charge in [0.25, 0.3) is 10.0 Å². The van der Waals surface area contributed by atoms with Crippen LogP contribution in [0.15, 0.2) is 64.4 Å². The third-order valence-corrected chi connectivity index (χ3v) is 5.89. The number of para-hydroxylation sites is 1. The second-order valence-corrected chi connectivity index (χ2v) is 7.39. The number of pyridine rings is 1. The van der Waals surface area contributed by atoms with Gasteiger partial charge in [0.2, 0.25) is 0 Å². The van der Waals surface area contributed by atoms with Gasteiger partial charge in [0.05, 0.1) is 22.1 Å². The zero-order chi connectivity index (χ0) is 18.9. The maximum Gasteiger partial charge on any atom is 0.264 e. The highest BCUT2D eigenvalue weighted by molar-refractivity contribution is 7.92. The molecule has 0 radical (unpaired) electrons. The largest absolute Gasteiger partial charge is 0.545 e. The van der Waals surface area contributed by atoms with E-state index in [0.717, 1.165) is 6.20 Å². The molecular weight excluding hydrogens is 356 g/mol. The number of nitrogens with zero attached hydrogens (tertiary/aromatic N) is 1. The van der Waals surface area contributed by atoms with Crippen LogP contribution in [0.4, 0.5) is 5.69 Å². The fourth-order valence-corrected chi connectivity index (χ4v) is 4.22. The van der Waals surface area contributed by atoms with Crippen LogP contribution in [0.2, 0.25) is 0 Å². The quantitative estimate of drug-likeness (QED) is 0.722. The number of aromatic carboxylic acids is 1. The molecule has 0 saturated carbocycles. The summed E-state index contributed by atoms with van der Waals surface area (Å²) < 4.78 is 27.3. The van der Waals surface area contributed by atoms with Crippen molar-refractivity contribution in [2.75, 3.05) is 10.8 Å². The minimum atomic E-state index is -3.93. The lowest BCUT2D eigenvalue weighted by Crippen LogP contribution is -2.31. The van der Waals surface area contributed by atoms with Gasteiger partial charge in [-0.15, -0.1) is 0 Å². The van der Waals surface area contributed by atoms with Crippen LogP contribution < -0.4 is 14.8 Å². The van der Waals surface area contributed by atoms with Crippen LogP contribution in [-0.4, -0.2) is 25.9 Å². The Morgan fingerprint density at radius 3 is 2.46 bits per heavy atom. The summed E-state index contributed by atoms with van der Waals surface area (Å²) >= 11 is 0. The van der Waals surface area contributed by atoms with Crippen LogP contribution in [0.1, 0.15) is 17.3 Å². The van der Waals surface area contributed by atoms with Crippen LogP contribution in [0.3, 0.4) is 0 Å². The van der Waals surface area contributed by atoms with Gasteiger partial charge in [0.15, 0.2) is 5.43 Å². The molecule has 3 rings (SSSR count). The minimum Gasteiger partial charge on any atom is -0.545 e. The molecule has 0 unspecified atom stereocenters. The fourth-order valence-electron chi connectivity index (χ4n) is 2.72. The topological polar surface area (TPSA) is 110 Å². The van der Waals surface area contributed by atoms with Gasteiger partial charge in [0.1, 0.15) is 0 Å². The van der Waals surface area contributed by atoms with Gasteiger partial charge in [0, 0.05) is 23.6 Å². The Bertz CT molecular complexity index is 1140. The summed E-state index contributed by atoms with van der Waals surface area (Å²) in [4.78, 5) is 25.9. The number of carboxylic acids is 1. The first kappa shape index (κ1) is 17.7. The Labute approximate surface area is 149 Å². The van der Waals surface area contributed by atoms with Crippen LogP contribution in [0, 0.1) is 0 Å². The molecule has 134 valence electrons. The first-order chi connectivity index (χ1) is 12.4. The monoisotopic (exact) mass is 371 g/mol. The highest BCUT2D eigenvalue weighted by Crippen LogP contribution is 2.24.